The van der Waals surface area contributed by atoms with Crippen LogP contribution in [0.2, 0.25) is 0 Å². The summed E-state index contributed by atoms with van der Waals surface area (Å²) in [6.45, 7) is 13.1. The number of hydrogen-bond donors (Lipinski definition) is 5. The van der Waals surface area contributed by atoms with Crippen LogP contribution in [-0.4, -0.2) is 124 Å². The van der Waals surface area contributed by atoms with E-state index >= 15 is 0 Å². The molecule has 1 aromatic carbocycles. The number of hydrogen-bond acceptors (Lipinski definition) is 12. The molecule has 4 aliphatic rings. The van der Waals surface area contributed by atoms with E-state index in [1.807, 2.05) is 32.1 Å². The lowest BCUT2D eigenvalue weighted by molar-refractivity contribution is -0.133. The fourth-order valence-corrected chi connectivity index (χ4v) is 7.71. The highest BCUT2D eigenvalue weighted by atomic mass is 16.5. The van der Waals surface area contributed by atoms with Gasteiger partial charge in [-0.05, 0) is 68.6 Å². The van der Waals surface area contributed by atoms with Crippen molar-refractivity contribution in [1.82, 2.24) is 30.1 Å². The summed E-state index contributed by atoms with van der Waals surface area (Å²) in [7, 11) is 0. The SMILES string of the molecule is CC1NC(N)=C(/C=C(\N)c2ccccc2O)N2CCN(C3CCN(CCOc4cc([C@H](C(=O)N5CC[C@@H](O)C5)C(C)C)on4)CC3)CC12. The molecule has 6 rings (SSSR count). The number of piperazine rings is 1. The molecule has 13 nitrogen and oxygen atoms in total. The number of aromatic nitrogens is 1. The number of nitrogens with one attached hydrogen (secondary N) is 1. The number of amides is 1. The van der Waals surface area contributed by atoms with Crippen molar-refractivity contribution in [1.29, 1.82) is 0 Å². The smallest absolute Gasteiger partial charge is 0.254 e. The van der Waals surface area contributed by atoms with Crippen LogP contribution in [0, 0.1) is 5.92 Å². The molecule has 0 aliphatic carbocycles. The minimum absolute atomic E-state index is 0.0280. The number of phenols is 1. The van der Waals surface area contributed by atoms with Crippen LogP contribution >= 0.6 is 0 Å². The second kappa shape index (κ2) is 14.7. The lowest BCUT2D eigenvalue weighted by atomic mass is 9.92. The fourth-order valence-electron chi connectivity index (χ4n) is 7.71. The third-order valence-corrected chi connectivity index (χ3v) is 10.5. The van der Waals surface area contributed by atoms with Gasteiger partial charge in [0.15, 0.2) is 5.76 Å². The number of aromatic hydroxyl groups is 1. The van der Waals surface area contributed by atoms with Gasteiger partial charge in [0.1, 0.15) is 24.1 Å². The third kappa shape index (κ3) is 7.37. The summed E-state index contributed by atoms with van der Waals surface area (Å²) in [6, 6.07) is 9.79. The Labute approximate surface area is 283 Å². The first-order chi connectivity index (χ1) is 23.1. The van der Waals surface area contributed by atoms with Crippen molar-refractivity contribution < 1.29 is 24.3 Å². The number of carbonyl (C=O) groups is 1. The summed E-state index contributed by atoms with van der Waals surface area (Å²) in [5.41, 5.74) is 14.9. The van der Waals surface area contributed by atoms with Crippen LogP contribution in [0.5, 0.6) is 11.6 Å². The number of fused-ring (bicyclic) bond motifs is 1. The zero-order valence-corrected chi connectivity index (χ0v) is 28.4. The number of nitrogens with zero attached hydrogens (tertiary/aromatic N) is 5. The number of nitrogens with two attached hydrogens (primary N) is 2. The van der Waals surface area contributed by atoms with Crippen molar-refractivity contribution in [3.05, 3.63) is 59.2 Å². The molecule has 0 bridgehead atoms. The standard InChI is InChI=1S/C35H52N8O5/c1-22(2)33(35(46)42-13-10-25(44)20-42)31-19-32(39-48-31)47-17-16-40-11-8-24(9-12-40)41-14-15-43-28(34(37)38-23(3)29(43)21-41)18-27(36)26-6-4-5-7-30(26)45/h4-7,18-19,22-25,29,33,38,44-45H,8-17,20-21,36-37H2,1-3H3/b27-18-/t23?,25-,29?,33-/m1/s1. The van der Waals surface area contributed by atoms with E-state index in [4.69, 9.17) is 20.7 Å². The molecule has 0 radical (unpaired) electrons. The molecule has 2 aromatic rings. The maximum absolute atomic E-state index is 13.2. The Morgan fingerprint density at radius 1 is 1.15 bits per heavy atom. The number of likely N-dealkylation sites (tertiary alicyclic amines) is 2. The Hall–Kier alpha value is -3.94. The number of carbonyl (C=O) groups excluding carboxylic acids is 1. The van der Waals surface area contributed by atoms with Crippen molar-refractivity contribution in [3.8, 4) is 11.6 Å². The predicted octanol–water partition coefficient (Wildman–Crippen LogP) is 1.66. The highest BCUT2D eigenvalue weighted by molar-refractivity contribution is 5.83. The average molecular weight is 665 g/mol. The van der Waals surface area contributed by atoms with Gasteiger partial charge in [-0.1, -0.05) is 26.0 Å². The Bertz CT molecular complexity index is 1480. The number of ether oxygens (including phenoxy) is 1. The van der Waals surface area contributed by atoms with Gasteiger partial charge < -0.3 is 46.1 Å². The summed E-state index contributed by atoms with van der Waals surface area (Å²) in [5, 5.41) is 27.7. The van der Waals surface area contributed by atoms with Crippen LogP contribution in [0.25, 0.3) is 5.70 Å². The van der Waals surface area contributed by atoms with Gasteiger partial charge in [-0.15, -0.1) is 0 Å². The highest BCUT2D eigenvalue weighted by Crippen LogP contribution is 2.32. The molecule has 7 N–H and O–H groups in total. The molecule has 3 saturated heterocycles. The molecule has 262 valence electrons. The third-order valence-electron chi connectivity index (χ3n) is 10.5. The van der Waals surface area contributed by atoms with E-state index in [0.29, 0.717) is 60.9 Å². The molecule has 13 heteroatoms. The van der Waals surface area contributed by atoms with E-state index < -0.39 is 12.0 Å². The van der Waals surface area contributed by atoms with Gasteiger partial charge in [0.25, 0.3) is 5.88 Å². The van der Waals surface area contributed by atoms with E-state index in [1.165, 1.54) is 0 Å². The molecule has 5 heterocycles. The zero-order valence-electron chi connectivity index (χ0n) is 28.4. The maximum atomic E-state index is 13.2. The van der Waals surface area contributed by atoms with Crippen LogP contribution in [-0.2, 0) is 4.79 Å². The molecule has 48 heavy (non-hydrogen) atoms. The molecule has 1 amide bonds. The number of β-amino-alcohol motifs (C(OH)–C–C–N with tert-alkyl or cyclic N) is 1. The monoisotopic (exact) mass is 664 g/mol. The lowest BCUT2D eigenvalue weighted by Gasteiger charge is -2.51. The molecule has 2 unspecified atom stereocenters. The van der Waals surface area contributed by atoms with E-state index in [-0.39, 0.29) is 29.7 Å². The predicted molar refractivity (Wildman–Crippen MR) is 182 cm³/mol. The van der Waals surface area contributed by atoms with Gasteiger partial charge >= 0.3 is 0 Å². The lowest BCUT2D eigenvalue weighted by Crippen LogP contribution is -2.64. The zero-order chi connectivity index (χ0) is 33.9. The summed E-state index contributed by atoms with van der Waals surface area (Å²) >= 11 is 0. The van der Waals surface area contributed by atoms with E-state index in [1.54, 1.807) is 23.1 Å². The first-order valence-electron chi connectivity index (χ1n) is 17.4. The van der Waals surface area contributed by atoms with Crippen LogP contribution in [0.4, 0.5) is 0 Å². The van der Waals surface area contributed by atoms with Crippen molar-refractivity contribution in [2.45, 2.75) is 70.2 Å². The first kappa shape index (κ1) is 33.9. The van der Waals surface area contributed by atoms with Crippen molar-refractivity contribution in [3.63, 3.8) is 0 Å². The minimum atomic E-state index is -0.458. The largest absolute Gasteiger partial charge is 0.507 e. The fraction of sp³-hybridized carbons (Fsp3) is 0.600. The molecule has 4 atom stereocenters. The van der Waals surface area contributed by atoms with Gasteiger partial charge in [0.2, 0.25) is 5.91 Å². The van der Waals surface area contributed by atoms with E-state index in [2.05, 4.69) is 32.1 Å². The Balaban J connectivity index is 0.974. The number of rotatable bonds is 10. The number of para-hydroxylation sites is 1. The van der Waals surface area contributed by atoms with Gasteiger partial charge in [0.05, 0.1) is 17.8 Å². The van der Waals surface area contributed by atoms with Crippen LogP contribution in [0.15, 0.2) is 52.4 Å². The summed E-state index contributed by atoms with van der Waals surface area (Å²) < 4.78 is 11.5. The highest BCUT2D eigenvalue weighted by Gasteiger charge is 2.39. The van der Waals surface area contributed by atoms with Crippen LogP contribution in [0.1, 0.15) is 57.3 Å². The molecule has 1 aromatic heterocycles. The number of phenolic OH excluding ortho intramolecular Hbond substituents is 1. The molecule has 4 aliphatic heterocycles. The molecule has 0 spiro atoms. The second-order valence-corrected chi connectivity index (χ2v) is 14.0. The topological polar surface area (TPSA) is 170 Å². The quantitative estimate of drug-likeness (QED) is 0.249. The van der Waals surface area contributed by atoms with Gasteiger partial charge in [-0.3, -0.25) is 14.6 Å². The minimum Gasteiger partial charge on any atom is -0.507 e. The number of piperidine rings is 1. The van der Waals surface area contributed by atoms with E-state index in [0.717, 1.165) is 57.8 Å². The molecular weight excluding hydrogens is 612 g/mol. The summed E-state index contributed by atoms with van der Waals surface area (Å²) in [5.74, 6) is 1.22. The van der Waals surface area contributed by atoms with Gasteiger partial charge in [-0.25, -0.2) is 0 Å². The van der Waals surface area contributed by atoms with Gasteiger partial charge in [-0.2, -0.15) is 0 Å². The van der Waals surface area contributed by atoms with Crippen molar-refractivity contribution in [2.24, 2.45) is 17.4 Å². The Morgan fingerprint density at radius 3 is 2.62 bits per heavy atom. The van der Waals surface area contributed by atoms with Crippen LogP contribution < -0.4 is 21.5 Å². The second-order valence-electron chi connectivity index (χ2n) is 14.0. The van der Waals surface area contributed by atoms with E-state index in [9.17, 15) is 15.0 Å². The number of aliphatic hydroxyl groups excluding tert-OH is 1. The number of allylic oxidation sites excluding steroid dienone is 1. The molecule has 0 saturated carbocycles. The average Bonchev–Trinajstić information content (AvgIpc) is 3.72. The summed E-state index contributed by atoms with van der Waals surface area (Å²) in [6.07, 6.45) is 4.22. The maximum Gasteiger partial charge on any atom is 0.254 e. The normalized spacial score (nSPS) is 25.4. The Morgan fingerprint density at radius 2 is 1.92 bits per heavy atom. The number of aliphatic hydroxyl groups is 1. The molecule has 3 fully saturated rings. The van der Waals surface area contributed by atoms with Gasteiger partial charge in [0, 0.05) is 68.7 Å². The summed E-state index contributed by atoms with van der Waals surface area (Å²) in [4.78, 5) is 22.3. The van der Waals surface area contributed by atoms with Crippen molar-refractivity contribution in [2.75, 3.05) is 59.0 Å². The number of benzene rings is 1. The Kier molecular flexibility index (Phi) is 10.4. The van der Waals surface area contributed by atoms with Crippen molar-refractivity contribution >= 4 is 11.6 Å². The first-order valence-corrected chi connectivity index (χ1v) is 17.4. The molecular formula is C35H52N8O5. The van der Waals surface area contributed by atoms with Crippen LogP contribution in [0.3, 0.4) is 0 Å².